The van der Waals surface area contributed by atoms with Crippen LogP contribution in [0.4, 0.5) is 0 Å². The summed E-state index contributed by atoms with van der Waals surface area (Å²) in [6.45, 7) is 7.24. The fraction of sp³-hybridized carbons (Fsp3) is 0.273. The Hall–Kier alpha value is -1.82. The van der Waals surface area contributed by atoms with E-state index in [2.05, 4.69) is 4.85 Å². The molecule has 0 amide bonds. The monoisotopic (exact) mass is 190 g/mol. The van der Waals surface area contributed by atoms with Crippen molar-refractivity contribution in [3.63, 3.8) is 0 Å². The zero-order chi connectivity index (χ0) is 10.4. The molecule has 0 fully saturated rings. The molecule has 0 N–H and O–H groups in total. The zero-order valence-electron chi connectivity index (χ0n) is 8.01. The summed E-state index contributed by atoms with van der Waals surface area (Å²) in [5.41, 5.74) is 0.744. The second kappa shape index (κ2) is 5.03. The predicted molar refractivity (Wildman–Crippen MR) is 54.1 cm³/mol. The molecule has 0 aliphatic rings. The van der Waals surface area contributed by atoms with Crippen molar-refractivity contribution in [1.29, 1.82) is 0 Å². The Morgan fingerprint density at radius 2 is 2.14 bits per heavy atom. The van der Waals surface area contributed by atoms with E-state index in [0.29, 0.717) is 6.61 Å². The first-order chi connectivity index (χ1) is 6.79. The van der Waals surface area contributed by atoms with Gasteiger partial charge in [0.2, 0.25) is 0 Å². The van der Waals surface area contributed by atoms with Gasteiger partial charge in [-0.25, -0.2) is 4.79 Å². The van der Waals surface area contributed by atoms with Crippen molar-refractivity contribution in [3.05, 3.63) is 40.7 Å². The third-order valence-corrected chi connectivity index (χ3v) is 1.77. The predicted octanol–water partition coefficient (Wildman–Crippen LogP) is 2.25. The topological polar surface area (TPSA) is 30.7 Å². The molecule has 0 aliphatic heterocycles. The summed E-state index contributed by atoms with van der Waals surface area (Å²) in [5, 5.41) is 0. The molecule has 1 unspecified atom stereocenters. The Morgan fingerprint density at radius 3 is 2.64 bits per heavy atom. The van der Waals surface area contributed by atoms with Crippen LogP contribution in [0.25, 0.3) is 4.85 Å². The number of hydrogen-bond donors (Lipinski definition) is 0. The number of rotatable bonds is 3. The molecule has 3 nitrogen and oxygen atoms in total. The highest BCUT2D eigenvalue weighted by molar-refractivity contribution is 5.79. The number of carbonyl (C=O) groups is 1. The van der Waals surface area contributed by atoms with E-state index in [9.17, 15) is 4.79 Å². The average Bonchev–Trinajstić information content (AvgIpc) is 2.21. The molecule has 0 saturated carbocycles. The normalized spacial score (nSPS) is 11.4. The van der Waals surface area contributed by atoms with Crippen LogP contribution in [-0.4, -0.2) is 12.6 Å². The molecule has 0 heterocycles. The fourth-order valence-corrected chi connectivity index (χ4v) is 1.14. The minimum atomic E-state index is -0.712. The van der Waals surface area contributed by atoms with Crippen molar-refractivity contribution < 1.29 is 9.53 Å². The minimum Gasteiger partial charge on any atom is -0.460 e. The Morgan fingerprint density at radius 1 is 1.50 bits per heavy atom. The van der Waals surface area contributed by atoms with Gasteiger partial charge < -0.3 is 4.74 Å². The molecule has 0 bridgehead atoms. The largest absolute Gasteiger partial charge is 0.460 e. The maximum atomic E-state index is 11.4. The van der Waals surface area contributed by atoms with Gasteiger partial charge in [0.25, 0.3) is 6.57 Å². The van der Waals surface area contributed by atoms with Gasteiger partial charge in [-0.2, -0.15) is 0 Å². The van der Waals surface area contributed by atoms with Gasteiger partial charge in [-0.15, -0.1) is 0 Å². The molecule has 0 aromatic heterocycles. The van der Waals surface area contributed by atoms with E-state index >= 15 is 0 Å². The van der Waals surface area contributed by atoms with Crippen molar-refractivity contribution >= 4 is 5.97 Å². The van der Waals surface area contributed by atoms with Gasteiger partial charge >= 0.3 is 12.0 Å². The van der Waals surface area contributed by atoms with E-state index in [1.807, 2.05) is 18.2 Å². The van der Waals surface area contributed by atoms with Crippen LogP contribution in [0, 0.1) is 6.57 Å². The molecule has 72 valence electrons. The molecule has 0 spiro atoms. The number of nitrogens with zero attached hydrogens (tertiary/aromatic N) is 1. The standard InChI is InChI=1S/C11H12NO2/c1-3-14-11(13)10(12-2)9-7-5-4-6-8-9/h2,4-8,10H,3H2,1H3/q+1. The molecule has 1 aromatic carbocycles. The molecular weight excluding hydrogens is 178 g/mol. The second-order valence-corrected chi connectivity index (χ2v) is 2.71. The Kier molecular flexibility index (Phi) is 3.69. The SMILES string of the molecule is C#[N+]C(C(=O)OCC)c1ccccc1. The van der Waals surface area contributed by atoms with E-state index in [4.69, 9.17) is 11.3 Å². The molecule has 1 atom stereocenters. The van der Waals surface area contributed by atoms with E-state index in [1.54, 1.807) is 19.1 Å². The van der Waals surface area contributed by atoms with Crippen molar-refractivity contribution in [3.8, 4) is 6.57 Å². The highest BCUT2D eigenvalue weighted by Gasteiger charge is 2.30. The van der Waals surface area contributed by atoms with E-state index in [1.165, 1.54) is 0 Å². The molecule has 1 rings (SSSR count). The highest BCUT2D eigenvalue weighted by atomic mass is 16.5. The summed E-state index contributed by atoms with van der Waals surface area (Å²) >= 11 is 0. The summed E-state index contributed by atoms with van der Waals surface area (Å²) in [5.74, 6) is -0.416. The molecule has 0 aliphatic carbocycles. The third kappa shape index (κ3) is 2.33. The van der Waals surface area contributed by atoms with Crippen LogP contribution in [0.1, 0.15) is 18.5 Å². The van der Waals surface area contributed by atoms with E-state index in [0.717, 1.165) is 5.56 Å². The van der Waals surface area contributed by atoms with Crippen LogP contribution in [-0.2, 0) is 9.53 Å². The molecular formula is C11H12NO2+. The Labute approximate surface area is 83.1 Å². The first-order valence-corrected chi connectivity index (χ1v) is 4.41. The lowest BCUT2D eigenvalue weighted by atomic mass is 10.1. The Balaban J connectivity index is 2.84. The molecule has 14 heavy (non-hydrogen) atoms. The summed E-state index contributed by atoms with van der Waals surface area (Å²) < 4.78 is 4.84. The number of ether oxygens (including phenoxy) is 1. The van der Waals surface area contributed by atoms with E-state index < -0.39 is 12.0 Å². The van der Waals surface area contributed by atoms with Gasteiger partial charge in [0.05, 0.1) is 12.2 Å². The van der Waals surface area contributed by atoms with Gasteiger partial charge in [0.1, 0.15) is 0 Å². The molecule has 0 saturated heterocycles. The van der Waals surface area contributed by atoms with Gasteiger partial charge in [-0.3, -0.25) is 0 Å². The average molecular weight is 190 g/mol. The molecule has 1 aromatic rings. The van der Waals surface area contributed by atoms with Crippen molar-refractivity contribution in [2.75, 3.05) is 6.61 Å². The second-order valence-electron chi connectivity index (χ2n) is 2.71. The first kappa shape index (κ1) is 10.3. The first-order valence-electron chi connectivity index (χ1n) is 4.41. The smallest absolute Gasteiger partial charge is 0.400 e. The third-order valence-electron chi connectivity index (χ3n) is 1.77. The lowest BCUT2D eigenvalue weighted by Gasteiger charge is -2.01. The quantitative estimate of drug-likeness (QED) is 0.684. The number of carbonyl (C=O) groups excluding carboxylic acids is 1. The summed E-state index contributed by atoms with van der Waals surface area (Å²) in [6.07, 6.45) is 0. The van der Waals surface area contributed by atoms with Gasteiger partial charge in [-0.1, -0.05) is 35.2 Å². The van der Waals surface area contributed by atoms with Gasteiger partial charge in [0, 0.05) is 0 Å². The van der Waals surface area contributed by atoms with Crippen molar-refractivity contribution in [1.82, 2.24) is 0 Å². The highest BCUT2D eigenvalue weighted by Crippen LogP contribution is 2.18. The Bertz CT molecular complexity index is 340. The molecule has 3 heteroatoms. The van der Waals surface area contributed by atoms with Crippen LogP contribution in [0.3, 0.4) is 0 Å². The number of esters is 1. The summed E-state index contributed by atoms with van der Waals surface area (Å²) in [7, 11) is 0. The van der Waals surface area contributed by atoms with Crippen molar-refractivity contribution in [2.45, 2.75) is 13.0 Å². The van der Waals surface area contributed by atoms with Crippen LogP contribution in [0.15, 0.2) is 30.3 Å². The van der Waals surface area contributed by atoms with Gasteiger partial charge in [-0.05, 0) is 6.92 Å². The van der Waals surface area contributed by atoms with Crippen LogP contribution >= 0.6 is 0 Å². The zero-order valence-corrected chi connectivity index (χ0v) is 8.01. The summed E-state index contributed by atoms with van der Waals surface area (Å²) in [6, 6.07) is 8.38. The van der Waals surface area contributed by atoms with Crippen LogP contribution in [0.2, 0.25) is 0 Å². The lowest BCUT2D eigenvalue weighted by Crippen LogP contribution is -2.12. The van der Waals surface area contributed by atoms with Crippen LogP contribution < -0.4 is 0 Å². The van der Waals surface area contributed by atoms with Gasteiger partial charge in [0.15, 0.2) is 0 Å². The summed E-state index contributed by atoms with van der Waals surface area (Å²) in [4.78, 5) is 14.9. The van der Waals surface area contributed by atoms with E-state index in [-0.39, 0.29) is 0 Å². The minimum absolute atomic E-state index is 0.331. The molecule has 0 radical (unpaired) electrons. The number of benzene rings is 1. The van der Waals surface area contributed by atoms with Crippen LogP contribution in [0.5, 0.6) is 0 Å². The maximum absolute atomic E-state index is 11.4. The van der Waals surface area contributed by atoms with Crippen molar-refractivity contribution in [2.24, 2.45) is 0 Å². The number of hydrogen-bond acceptors (Lipinski definition) is 2. The maximum Gasteiger partial charge on any atom is 0.400 e. The fourth-order valence-electron chi connectivity index (χ4n) is 1.14. The lowest BCUT2D eigenvalue weighted by molar-refractivity contribution is -0.143.